The van der Waals surface area contributed by atoms with Gasteiger partial charge in [0.25, 0.3) is 0 Å². The molecule has 1 N–H and O–H groups in total. The summed E-state index contributed by atoms with van der Waals surface area (Å²) in [5.41, 5.74) is 4.32. The Morgan fingerprint density at radius 3 is 2.81 bits per heavy atom. The molecule has 5 nitrogen and oxygen atoms in total. The molecule has 2 heterocycles. The van der Waals surface area contributed by atoms with Crippen molar-refractivity contribution in [2.75, 3.05) is 20.1 Å². The van der Waals surface area contributed by atoms with Crippen molar-refractivity contribution in [3.63, 3.8) is 0 Å². The normalized spacial score (nSPS) is 25.5. The van der Waals surface area contributed by atoms with Crippen molar-refractivity contribution in [2.24, 2.45) is 0 Å². The van der Waals surface area contributed by atoms with Gasteiger partial charge >= 0.3 is 0 Å². The van der Waals surface area contributed by atoms with E-state index in [1.165, 1.54) is 0 Å². The van der Waals surface area contributed by atoms with Gasteiger partial charge in [-0.05, 0) is 35.8 Å². The number of nitrogens with zero attached hydrogens (tertiary/aromatic N) is 2. The molecule has 5 heteroatoms. The van der Waals surface area contributed by atoms with Crippen molar-refractivity contribution in [3.05, 3.63) is 65.0 Å². The summed E-state index contributed by atoms with van der Waals surface area (Å²) in [6.45, 7) is 1.70. The first-order valence-electron chi connectivity index (χ1n) is 8.92. The van der Waals surface area contributed by atoms with Crippen molar-refractivity contribution in [3.8, 4) is 6.07 Å². The number of nitriles is 1. The number of Topliss-reactive ketones (excluding diaryl/α,β-unsaturated/α-hetero) is 1. The second kappa shape index (κ2) is 6.91. The smallest absolute Gasteiger partial charge is 0.169 e. The van der Waals surface area contributed by atoms with Crippen LogP contribution in [0.4, 0.5) is 0 Å². The van der Waals surface area contributed by atoms with Crippen molar-refractivity contribution in [2.45, 2.75) is 25.0 Å². The highest BCUT2D eigenvalue weighted by Crippen LogP contribution is 2.40. The van der Waals surface area contributed by atoms with Crippen molar-refractivity contribution < 1.29 is 9.53 Å². The molecule has 0 aromatic heterocycles. The third-order valence-corrected chi connectivity index (χ3v) is 5.08. The third-order valence-electron chi connectivity index (χ3n) is 5.08. The number of rotatable bonds is 3. The molecule has 2 unspecified atom stereocenters. The van der Waals surface area contributed by atoms with Crippen LogP contribution < -0.4 is 5.32 Å². The van der Waals surface area contributed by atoms with Crippen LogP contribution in [0, 0.1) is 11.3 Å². The number of carbonyl (C=O) groups is 1. The van der Waals surface area contributed by atoms with Crippen LogP contribution in [-0.4, -0.2) is 43.0 Å². The van der Waals surface area contributed by atoms with Gasteiger partial charge < -0.3 is 15.0 Å². The monoisotopic (exact) mass is 347 g/mol. The van der Waals surface area contributed by atoms with E-state index in [0.29, 0.717) is 12.1 Å². The zero-order valence-corrected chi connectivity index (χ0v) is 14.7. The zero-order chi connectivity index (χ0) is 18.1. The molecule has 2 atom stereocenters. The molecule has 2 aliphatic heterocycles. The zero-order valence-electron chi connectivity index (χ0n) is 14.7. The number of benzene rings is 1. The Balaban J connectivity index is 1.77. The number of carbonyl (C=O) groups excluding carboxylic acids is 1. The van der Waals surface area contributed by atoms with Crippen LogP contribution >= 0.6 is 0 Å². The van der Waals surface area contributed by atoms with Crippen LogP contribution in [0.3, 0.4) is 0 Å². The molecule has 1 fully saturated rings. The number of ketones is 1. The van der Waals surface area contributed by atoms with Gasteiger partial charge in [0.2, 0.25) is 0 Å². The second-order valence-electron chi connectivity index (χ2n) is 6.86. The summed E-state index contributed by atoms with van der Waals surface area (Å²) in [5.74, 6) is 0.0770. The number of allylic oxidation sites excluding steroid dienone is 4. The van der Waals surface area contributed by atoms with Gasteiger partial charge in [-0.15, -0.1) is 0 Å². The van der Waals surface area contributed by atoms with Crippen LogP contribution in [0.2, 0.25) is 0 Å². The first-order valence-corrected chi connectivity index (χ1v) is 8.92. The Hall–Kier alpha value is -2.68. The van der Waals surface area contributed by atoms with Gasteiger partial charge in [-0.1, -0.05) is 30.3 Å². The maximum absolute atomic E-state index is 12.6. The summed E-state index contributed by atoms with van der Waals surface area (Å²) in [6, 6.07) is 12.2. The number of nitrogens with one attached hydrogen (secondary N) is 1. The molecule has 1 aromatic rings. The van der Waals surface area contributed by atoms with Crippen LogP contribution in [0.15, 0.2) is 59.5 Å². The van der Waals surface area contributed by atoms with E-state index in [1.54, 1.807) is 0 Å². The number of hydrogen-bond donors (Lipinski definition) is 1. The van der Waals surface area contributed by atoms with E-state index < -0.39 is 6.10 Å². The minimum atomic E-state index is -0.547. The minimum absolute atomic E-state index is 0.0668. The fourth-order valence-corrected chi connectivity index (χ4v) is 3.79. The van der Waals surface area contributed by atoms with Crippen molar-refractivity contribution in [1.82, 2.24) is 10.2 Å². The molecular formula is C21H21N3O2. The number of ether oxygens (including phenoxy) is 1. The molecule has 1 aromatic carbocycles. The third kappa shape index (κ3) is 2.98. The van der Waals surface area contributed by atoms with Gasteiger partial charge in [0.05, 0.1) is 6.10 Å². The quantitative estimate of drug-likeness (QED) is 0.909. The molecule has 0 saturated carbocycles. The maximum Gasteiger partial charge on any atom is 0.169 e. The minimum Gasteiger partial charge on any atom is -0.362 e. The van der Waals surface area contributed by atoms with E-state index in [4.69, 9.17) is 4.74 Å². The summed E-state index contributed by atoms with van der Waals surface area (Å²) in [7, 11) is 1.85. The Bertz CT molecular complexity index is 855. The van der Waals surface area contributed by atoms with E-state index in [9.17, 15) is 10.1 Å². The fraction of sp³-hybridized carbons (Fsp3) is 0.333. The molecule has 1 aliphatic carbocycles. The molecular weight excluding hydrogens is 326 g/mol. The maximum atomic E-state index is 12.6. The highest BCUT2D eigenvalue weighted by molar-refractivity contribution is 5.98. The summed E-state index contributed by atoms with van der Waals surface area (Å²) < 4.78 is 6.06. The molecule has 0 spiro atoms. The lowest BCUT2D eigenvalue weighted by molar-refractivity contribution is -0.130. The van der Waals surface area contributed by atoms with E-state index in [-0.39, 0.29) is 11.9 Å². The van der Waals surface area contributed by atoms with E-state index in [2.05, 4.69) is 11.4 Å². The summed E-state index contributed by atoms with van der Waals surface area (Å²) in [4.78, 5) is 14.4. The van der Waals surface area contributed by atoms with Gasteiger partial charge in [-0.3, -0.25) is 4.79 Å². The SMILES string of the molecule is CN1C=C2CC(=O)C(OC3CCNC3)C=C2C(c2ccccc2)=C1C#N. The standard InChI is InChI=1S/C21H21N3O2/c1-24-13-15-9-19(25)20(26-16-7-8-23-12-16)10-17(15)21(18(24)11-22)14-5-3-2-4-6-14/h2-6,10,13,16,20,23H,7-9,12H2,1H3. The molecule has 0 amide bonds. The molecule has 1 saturated heterocycles. The summed E-state index contributed by atoms with van der Waals surface area (Å²) in [5, 5.41) is 13.0. The van der Waals surface area contributed by atoms with Gasteiger partial charge in [-0.25, -0.2) is 0 Å². The molecule has 132 valence electrons. The largest absolute Gasteiger partial charge is 0.362 e. The Morgan fingerprint density at radius 1 is 1.31 bits per heavy atom. The predicted molar refractivity (Wildman–Crippen MR) is 98.7 cm³/mol. The van der Waals surface area contributed by atoms with Gasteiger partial charge in [0, 0.05) is 31.8 Å². The van der Waals surface area contributed by atoms with Crippen molar-refractivity contribution >= 4 is 11.4 Å². The number of hydrogen-bond acceptors (Lipinski definition) is 5. The molecule has 0 radical (unpaired) electrons. The van der Waals surface area contributed by atoms with E-state index in [1.807, 2.05) is 54.6 Å². The average Bonchev–Trinajstić information content (AvgIpc) is 3.15. The van der Waals surface area contributed by atoms with Crippen LogP contribution in [0.1, 0.15) is 18.4 Å². The molecule has 26 heavy (non-hydrogen) atoms. The van der Waals surface area contributed by atoms with E-state index in [0.717, 1.165) is 41.8 Å². The first kappa shape index (κ1) is 16.8. The Morgan fingerprint density at radius 2 is 2.12 bits per heavy atom. The van der Waals surface area contributed by atoms with Gasteiger partial charge in [0.1, 0.15) is 17.9 Å². The lowest BCUT2D eigenvalue weighted by Crippen LogP contribution is -2.34. The van der Waals surface area contributed by atoms with Gasteiger partial charge in [-0.2, -0.15) is 5.26 Å². The average molecular weight is 347 g/mol. The van der Waals surface area contributed by atoms with Gasteiger partial charge in [0.15, 0.2) is 5.78 Å². The lowest BCUT2D eigenvalue weighted by Gasteiger charge is -2.32. The Kier molecular flexibility index (Phi) is 4.46. The molecule has 4 rings (SSSR count). The topological polar surface area (TPSA) is 65.4 Å². The summed E-state index contributed by atoms with van der Waals surface area (Å²) in [6.07, 6.45) is 4.57. The highest BCUT2D eigenvalue weighted by atomic mass is 16.5. The second-order valence-corrected chi connectivity index (χ2v) is 6.86. The predicted octanol–water partition coefficient (Wildman–Crippen LogP) is 2.40. The van der Waals surface area contributed by atoms with E-state index >= 15 is 0 Å². The van der Waals surface area contributed by atoms with Crippen LogP contribution in [0.25, 0.3) is 5.57 Å². The Labute approximate surface area is 153 Å². The molecule has 0 bridgehead atoms. The summed E-state index contributed by atoms with van der Waals surface area (Å²) >= 11 is 0. The first-order chi connectivity index (χ1) is 12.7. The molecule has 3 aliphatic rings. The fourth-order valence-electron chi connectivity index (χ4n) is 3.79. The lowest BCUT2D eigenvalue weighted by atomic mass is 9.81. The van der Waals surface area contributed by atoms with Crippen LogP contribution in [-0.2, 0) is 9.53 Å². The number of fused-ring (bicyclic) bond motifs is 1. The van der Waals surface area contributed by atoms with Crippen molar-refractivity contribution in [1.29, 1.82) is 5.26 Å². The van der Waals surface area contributed by atoms with Crippen LogP contribution in [0.5, 0.6) is 0 Å². The highest BCUT2D eigenvalue weighted by Gasteiger charge is 2.34.